The smallest absolute Gasteiger partial charge is 0.270 e. The van der Waals surface area contributed by atoms with Crippen molar-refractivity contribution in [3.8, 4) is 0 Å². The first-order valence-corrected chi connectivity index (χ1v) is 5.95. The lowest BCUT2D eigenvalue weighted by Gasteiger charge is -2.03. The van der Waals surface area contributed by atoms with Crippen molar-refractivity contribution in [2.24, 2.45) is 0 Å². The van der Waals surface area contributed by atoms with Gasteiger partial charge in [0, 0.05) is 6.42 Å². The molecule has 0 aliphatic rings. The Bertz CT molecular complexity index is 795. The maximum atomic E-state index is 13.1. The van der Waals surface area contributed by atoms with E-state index >= 15 is 0 Å². The van der Waals surface area contributed by atoms with Crippen LogP contribution in [-0.4, -0.2) is 9.97 Å². The van der Waals surface area contributed by atoms with E-state index < -0.39 is 0 Å². The first kappa shape index (κ1) is 11.6. The highest BCUT2D eigenvalue weighted by Crippen LogP contribution is 2.10. The van der Waals surface area contributed by atoms with E-state index in [0.29, 0.717) is 17.6 Å². The molecule has 0 saturated heterocycles. The Kier molecular flexibility index (Phi) is 2.83. The number of hydrogen-bond donors (Lipinski definition) is 1. The normalized spacial score (nSPS) is 10.8. The van der Waals surface area contributed by atoms with Crippen molar-refractivity contribution in [1.29, 1.82) is 0 Å². The van der Waals surface area contributed by atoms with Gasteiger partial charge in [0.15, 0.2) is 0 Å². The van der Waals surface area contributed by atoms with Gasteiger partial charge in [0.05, 0.1) is 11.0 Å². The lowest BCUT2D eigenvalue weighted by Crippen LogP contribution is -2.15. The third-order valence-corrected chi connectivity index (χ3v) is 2.93. The van der Waals surface area contributed by atoms with Crippen LogP contribution in [0.5, 0.6) is 0 Å². The second-order valence-electron chi connectivity index (χ2n) is 4.34. The summed E-state index contributed by atoms with van der Waals surface area (Å²) in [5.41, 5.74) is 2.32. The maximum Gasteiger partial charge on any atom is 0.270 e. The molecule has 0 atom stereocenters. The standard InChI is InChI=1S/C15H11FN2O/c16-11-5-3-4-10(8-11)9-14-15(19)18-13-7-2-1-6-12(13)17-14/h1-8H,9H2,(H,18,19). The van der Waals surface area contributed by atoms with Crippen LogP contribution in [0.1, 0.15) is 11.3 Å². The molecule has 3 rings (SSSR count). The number of nitrogens with zero attached hydrogens (tertiary/aromatic N) is 1. The summed E-state index contributed by atoms with van der Waals surface area (Å²) in [6.07, 6.45) is 0.317. The van der Waals surface area contributed by atoms with Crippen LogP contribution in [0, 0.1) is 5.82 Å². The molecule has 94 valence electrons. The van der Waals surface area contributed by atoms with Crippen LogP contribution in [-0.2, 0) is 6.42 Å². The average Bonchev–Trinajstić information content (AvgIpc) is 2.40. The SMILES string of the molecule is O=c1[nH]c2ccccc2nc1Cc1cccc(F)c1. The Hall–Kier alpha value is -2.49. The lowest BCUT2D eigenvalue weighted by molar-refractivity contribution is 0.626. The molecule has 0 aliphatic carbocycles. The molecule has 0 aliphatic heterocycles. The molecule has 0 spiro atoms. The van der Waals surface area contributed by atoms with Gasteiger partial charge in [-0.1, -0.05) is 24.3 Å². The van der Waals surface area contributed by atoms with Gasteiger partial charge in [0.25, 0.3) is 5.56 Å². The average molecular weight is 254 g/mol. The lowest BCUT2D eigenvalue weighted by atomic mass is 10.1. The maximum absolute atomic E-state index is 13.1. The molecule has 1 heterocycles. The third kappa shape index (κ3) is 2.38. The summed E-state index contributed by atoms with van der Waals surface area (Å²) in [4.78, 5) is 19.0. The highest BCUT2D eigenvalue weighted by atomic mass is 19.1. The van der Waals surface area contributed by atoms with Gasteiger partial charge in [0.1, 0.15) is 11.5 Å². The van der Waals surface area contributed by atoms with Crippen molar-refractivity contribution >= 4 is 11.0 Å². The van der Waals surface area contributed by atoms with Gasteiger partial charge in [-0.05, 0) is 29.8 Å². The zero-order chi connectivity index (χ0) is 13.2. The molecule has 0 radical (unpaired) electrons. The molecule has 0 bridgehead atoms. The van der Waals surface area contributed by atoms with Gasteiger partial charge >= 0.3 is 0 Å². The summed E-state index contributed by atoms with van der Waals surface area (Å²) >= 11 is 0. The Morgan fingerprint density at radius 3 is 2.79 bits per heavy atom. The summed E-state index contributed by atoms with van der Waals surface area (Å²) in [5, 5.41) is 0. The zero-order valence-electron chi connectivity index (χ0n) is 10.1. The number of para-hydroxylation sites is 2. The van der Waals surface area contributed by atoms with Crippen LogP contribution in [0.4, 0.5) is 4.39 Å². The monoisotopic (exact) mass is 254 g/mol. The predicted octanol–water partition coefficient (Wildman–Crippen LogP) is 2.65. The number of H-pyrrole nitrogens is 1. The Labute approximate surface area is 108 Å². The van der Waals surface area contributed by atoms with Crippen molar-refractivity contribution in [3.63, 3.8) is 0 Å². The Balaban J connectivity index is 2.05. The summed E-state index contributed by atoms with van der Waals surface area (Å²) in [6.45, 7) is 0. The molecule has 0 unspecified atom stereocenters. The first-order valence-electron chi connectivity index (χ1n) is 5.95. The van der Waals surface area contributed by atoms with E-state index in [0.717, 1.165) is 11.1 Å². The van der Waals surface area contributed by atoms with Crippen molar-refractivity contribution in [1.82, 2.24) is 9.97 Å². The van der Waals surface area contributed by atoms with Crippen LogP contribution >= 0.6 is 0 Å². The van der Waals surface area contributed by atoms with E-state index in [1.165, 1.54) is 12.1 Å². The number of aromatic nitrogens is 2. The Morgan fingerprint density at radius 2 is 1.95 bits per heavy atom. The number of aromatic amines is 1. The molecule has 4 heteroatoms. The minimum Gasteiger partial charge on any atom is -0.319 e. The number of fused-ring (bicyclic) bond motifs is 1. The molecule has 19 heavy (non-hydrogen) atoms. The summed E-state index contributed by atoms with van der Waals surface area (Å²) in [5.74, 6) is -0.310. The van der Waals surface area contributed by atoms with Gasteiger partial charge in [0.2, 0.25) is 0 Å². The molecular weight excluding hydrogens is 243 g/mol. The van der Waals surface area contributed by atoms with E-state index in [9.17, 15) is 9.18 Å². The van der Waals surface area contributed by atoms with Crippen molar-refractivity contribution in [2.75, 3.05) is 0 Å². The highest BCUT2D eigenvalue weighted by Gasteiger charge is 2.06. The highest BCUT2D eigenvalue weighted by molar-refractivity contribution is 5.73. The summed E-state index contributed by atoms with van der Waals surface area (Å²) in [6, 6.07) is 13.5. The van der Waals surface area contributed by atoms with E-state index in [2.05, 4.69) is 9.97 Å². The van der Waals surface area contributed by atoms with Gasteiger partial charge in [-0.3, -0.25) is 4.79 Å². The molecular formula is C15H11FN2O. The molecule has 0 amide bonds. The number of rotatable bonds is 2. The quantitative estimate of drug-likeness (QED) is 0.764. The number of benzene rings is 2. The number of nitrogens with one attached hydrogen (secondary N) is 1. The van der Waals surface area contributed by atoms with Crippen molar-refractivity contribution in [3.05, 3.63) is 76.0 Å². The van der Waals surface area contributed by atoms with Crippen LogP contribution in [0.25, 0.3) is 11.0 Å². The fraction of sp³-hybridized carbons (Fsp3) is 0.0667. The van der Waals surface area contributed by atoms with Gasteiger partial charge in [-0.2, -0.15) is 0 Å². The largest absolute Gasteiger partial charge is 0.319 e. The van der Waals surface area contributed by atoms with Gasteiger partial charge in [-0.25, -0.2) is 9.37 Å². The third-order valence-electron chi connectivity index (χ3n) is 2.93. The molecule has 1 N–H and O–H groups in total. The van der Waals surface area contributed by atoms with E-state index in [4.69, 9.17) is 0 Å². The van der Waals surface area contributed by atoms with E-state index in [1.54, 1.807) is 18.2 Å². The van der Waals surface area contributed by atoms with Gasteiger partial charge in [-0.15, -0.1) is 0 Å². The predicted molar refractivity (Wildman–Crippen MR) is 71.6 cm³/mol. The molecule has 2 aromatic carbocycles. The molecule has 3 nitrogen and oxygen atoms in total. The van der Waals surface area contributed by atoms with Crippen LogP contribution in [0.15, 0.2) is 53.3 Å². The zero-order valence-corrected chi connectivity index (χ0v) is 10.1. The number of halogens is 1. The molecule has 1 aromatic heterocycles. The minimum atomic E-state index is -0.310. The molecule has 0 fully saturated rings. The van der Waals surface area contributed by atoms with Gasteiger partial charge < -0.3 is 4.98 Å². The molecule has 0 saturated carbocycles. The second-order valence-corrected chi connectivity index (χ2v) is 4.34. The fourth-order valence-electron chi connectivity index (χ4n) is 2.03. The Morgan fingerprint density at radius 1 is 1.11 bits per heavy atom. The topological polar surface area (TPSA) is 45.8 Å². The summed E-state index contributed by atoms with van der Waals surface area (Å²) < 4.78 is 13.1. The van der Waals surface area contributed by atoms with Crippen LogP contribution in [0.3, 0.4) is 0 Å². The summed E-state index contributed by atoms with van der Waals surface area (Å²) in [7, 11) is 0. The fourth-order valence-corrected chi connectivity index (χ4v) is 2.03. The first-order chi connectivity index (χ1) is 9.22. The minimum absolute atomic E-state index is 0.233. The number of hydrogen-bond acceptors (Lipinski definition) is 2. The van der Waals surface area contributed by atoms with E-state index in [1.807, 2.05) is 18.2 Å². The van der Waals surface area contributed by atoms with Crippen molar-refractivity contribution < 1.29 is 4.39 Å². The molecule has 3 aromatic rings. The van der Waals surface area contributed by atoms with Crippen LogP contribution in [0.2, 0.25) is 0 Å². The second kappa shape index (κ2) is 4.65. The van der Waals surface area contributed by atoms with Crippen LogP contribution < -0.4 is 5.56 Å². The van der Waals surface area contributed by atoms with E-state index in [-0.39, 0.29) is 11.4 Å². The van der Waals surface area contributed by atoms with Crippen molar-refractivity contribution in [2.45, 2.75) is 6.42 Å².